The van der Waals surface area contributed by atoms with Gasteiger partial charge in [-0.3, -0.25) is 25.1 Å². The number of hydrogen-bond acceptors (Lipinski definition) is 8. The number of carboxylic acids is 2. The topological polar surface area (TPSA) is 208 Å². The van der Waals surface area contributed by atoms with Gasteiger partial charge in [0.25, 0.3) is 5.91 Å². The maximum atomic E-state index is 13.2. The standard InChI is InChI=1S/C25H30ClN5O8S.ClH/c1-14(28-19(24(34)35)10-7-15-5-3-2-4-6-15)23(33)31-13-17(12-20(31)25(36)37)29-30-22(32)16-8-9-18(26)21(11-16)40(27,38)39;/h2-6,8-9,11,14,17,19-20,28-29H,7,10,12-13H2,1H3,(H,30,32)(H,34,35)(H,36,37)(H2,27,38,39);1H/t14-,17?,19-,20-;/m0./s1. The molecule has 0 spiro atoms. The van der Waals surface area contributed by atoms with Gasteiger partial charge in [-0.2, -0.15) is 0 Å². The fourth-order valence-corrected chi connectivity index (χ4v) is 5.45. The molecule has 0 aliphatic carbocycles. The molecule has 2 amide bonds. The lowest BCUT2D eigenvalue weighted by atomic mass is 10.0. The Morgan fingerprint density at radius 1 is 1.12 bits per heavy atom. The van der Waals surface area contributed by atoms with Gasteiger partial charge in [0.15, 0.2) is 0 Å². The number of likely N-dealkylation sites (tertiary alicyclic amines) is 1. The van der Waals surface area contributed by atoms with Crippen LogP contribution in [0.25, 0.3) is 0 Å². The maximum Gasteiger partial charge on any atom is 0.326 e. The molecular weight excluding hydrogens is 601 g/mol. The summed E-state index contributed by atoms with van der Waals surface area (Å²) in [6.45, 7) is 1.37. The molecule has 0 saturated carbocycles. The quantitative estimate of drug-likeness (QED) is 0.181. The predicted molar refractivity (Wildman–Crippen MR) is 151 cm³/mol. The number of nitrogens with one attached hydrogen (secondary N) is 3. The van der Waals surface area contributed by atoms with E-state index in [-0.39, 0.29) is 42.4 Å². The highest BCUT2D eigenvalue weighted by atomic mass is 35.5. The second-order valence-corrected chi connectivity index (χ2v) is 11.3. The normalized spacial score (nSPS) is 18.2. The minimum atomic E-state index is -4.18. The summed E-state index contributed by atoms with van der Waals surface area (Å²) in [5.74, 6) is -3.74. The molecule has 1 heterocycles. The van der Waals surface area contributed by atoms with Crippen molar-refractivity contribution in [2.24, 2.45) is 5.14 Å². The highest BCUT2D eigenvalue weighted by Crippen LogP contribution is 2.22. The minimum Gasteiger partial charge on any atom is -0.480 e. The molecule has 0 bridgehead atoms. The summed E-state index contributed by atoms with van der Waals surface area (Å²) < 4.78 is 23.3. The van der Waals surface area contributed by atoms with E-state index in [1.165, 1.54) is 19.1 Å². The van der Waals surface area contributed by atoms with E-state index in [9.17, 15) is 37.8 Å². The molecule has 0 radical (unpaired) electrons. The van der Waals surface area contributed by atoms with Gasteiger partial charge >= 0.3 is 11.9 Å². The first-order valence-corrected chi connectivity index (χ1v) is 14.1. The molecule has 41 heavy (non-hydrogen) atoms. The van der Waals surface area contributed by atoms with Crippen LogP contribution in [0.5, 0.6) is 0 Å². The molecule has 7 N–H and O–H groups in total. The van der Waals surface area contributed by atoms with Crippen molar-refractivity contribution in [1.29, 1.82) is 0 Å². The fraction of sp³-hybridized carbons (Fsp3) is 0.360. The van der Waals surface area contributed by atoms with E-state index in [0.29, 0.717) is 6.42 Å². The Kier molecular flexibility index (Phi) is 12.1. The second-order valence-electron chi connectivity index (χ2n) is 9.37. The summed E-state index contributed by atoms with van der Waals surface area (Å²) >= 11 is 5.84. The van der Waals surface area contributed by atoms with Gasteiger partial charge in [0, 0.05) is 18.2 Å². The average molecular weight is 633 g/mol. The SMILES string of the molecule is C[C@H](N[C@@H](CCc1ccccc1)C(=O)O)C(=O)N1CC(NNC(=O)c2ccc(Cl)c(S(N)(=O)=O)c2)C[C@H]1C(=O)O.Cl. The van der Waals surface area contributed by atoms with Crippen molar-refractivity contribution in [2.75, 3.05) is 6.54 Å². The number of nitrogens with zero attached hydrogens (tertiary/aromatic N) is 1. The van der Waals surface area contributed by atoms with Crippen LogP contribution in [-0.2, 0) is 30.8 Å². The number of sulfonamides is 1. The third kappa shape index (κ3) is 9.11. The summed E-state index contributed by atoms with van der Waals surface area (Å²) in [4.78, 5) is 50.1. The van der Waals surface area contributed by atoms with Crippen molar-refractivity contribution in [3.8, 4) is 0 Å². The van der Waals surface area contributed by atoms with Crippen LogP contribution in [0.4, 0.5) is 0 Å². The lowest BCUT2D eigenvalue weighted by molar-refractivity contribution is -0.149. The van der Waals surface area contributed by atoms with Crippen molar-refractivity contribution in [3.63, 3.8) is 0 Å². The van der Waals surface area contributed by atoms with Gasteiger partial charge in [-0.25, -0.2) is 23.8 Å². The molecule has 2 aromatic carbocycles. The highest BCUT2D eigenvalue weighted by Gasteiger charge is 2.41. The molecule has 0 aromatic heterocycles. The van der Waals surface area contributed by atoms with Gasteiger partial charge in [-0.1, -0.05) is 41.9 Å². The Morgan fingerprint density at radius 3 is 2.37 bits per heavy atom. The zero-order valence-corrected chi connectivity index (χ0v) is 24.2. The van der Waals surface area contributed by atoms with Crippen LogP contribution in [-0.4, -0.2) is 78.0 Å². The summed E-state index contributed by atoms with van der Waals surface area (Å²) in [6.07, 6.45) is 0.631. The van der Waals surface area contributed by atoms with Crippen LogP contribution in [0.1, 0.15) is 35.7 Å². The number of hydrazine groups is 1. The first kappa shape index (κ1) is 33.9. The van der Waals surface area contributed by atoms with E-state index in [4.69, 9.17) is 16.7 Å². The van der Waals surface area contributed by atoms with E-state index < -0.39 is 62.8 Å². The van der Waals surface area contributed by atoms with Gasteiger partial charge in [0.05, 0.1) is 11.1 Å². The van der Waals surface area contributed by atoms with Crippen LogP contribution < -0.4 is 21.3 Å². The molecule has 1 unspecified atom stereocenters. The Hall–Kier alpha value is -3.27. The van der Waals surface area contributed by atoms with Crippen LogP contribution in [0, 0.1) is 0 Å². The molecule has 16 heteroatoms. The van der Waals surface area contributed by atoms with Gasteiger partial charge in [-0.05, 0) is 49.9 Å². The number of aryl methyl sites for hydroxylation is 1. The number of hydrogen-bond donors (Lipinski definition) is 6. The Labute approximate surface area is 247 Å². The third-order valence-electron chi connectivity index (χ3n) is 6.44. The predicted octanol–water partition coefficient (Wildman–Crippen LogP) is 0.762. The molecule has 224 valence electrons. The molecule has 2 aromatic rings. The monoisotopic (exact) mass is 631 g/mol. The fourth-order valence-electron chi connectivity index (χ4n) is 4.38. The molecule has 1 saturated heterocycles. The highest BCUT2D eigenvalue weighted by molar-refractivity contribution is 7.89. The number of amides is 2. The van der Waals surface area contributed by atoms with E-state index in [1.54, 1.807) is 0 Å². The number of carboxylic acid groups (broad SMARTS) is 2. The lowest BCUT2D eigenvalue weighted by Gasteiger charge is -2.27. The number of carbonyl (C=O) groups is 4. The van der Waals surface area contributed by atoms with Crippen LogP contribution in [0.3, 0.4) is 0 Å². The third-order valence-corrected chi connectivity index (χ3v) is 7.84. The summed E-state index contributed by atoms with van der Waals surface area (Å²) in [5.41, 5.74) is 5.91. The smallest absolute Gasteiger partial charge is 0.326 e. The molecule has 1 aliphatic heterocycles. The number of aliphatic carboxylic acids is 2. The summed E-state index contributed by atoms with van der Waals surface area (Å²) in [7, 11) is -4.18. The van der Waals surface area contributed by atoms with Crippen molar-refractivity contribution >= 4 is 57.8 Å². The molecule has 1 aliphatic rings. The van der Waals surface area contributed by atoms with Crippen LogP contribution in [0.15, 0.2) is 53.4 Å². The number of carbonyl (C=O) groups excluding carboxylic acids is 2. The maximum absolute atomic E-state index is 13.2. The van der Waals surface area contributed by atoms with Crippen molar-refractivity contribution < 1.29 is 37.8 Å². The first-order chi connectivity index (χ1) is 18.8. The number of rotatable bonds is 12. The Bertz CT molecular complexity index is 1380. The summed E-state index contributed by atoms with van der Waals surface area (Å²) in [6, 6.07) is 8.82. The van der Waals surface area contributed by atoms with E-state index in [2.05, 4.69) is 16.2 Å². The zero-order valence-electron chi connectivity index (χ0n) is 21.8. The van der Waals surface area contributed by atoms with E-state index >= 15 is 0 Å². The van der Waals surface area contributed by atoms with Gasteiger partial charge in [0.1, 0.15) is 17.0 Å². The van der Waals surface area contributed by atoms with Gasteiger partial charge in [-0.15, -0.1) is 12.4 Å². The Morgan fingerprint density at radius 2 is 1.78 bits per heavy atom. The molecule has 13 nitrogen and oxygen atoms in total. The number of primary sulfonamides is 1. The lowest BCUT2D eigenvalue weighted by Crippen LogP contribution is -2.53. The van der Waals surface area contributed by atoms with Gasteiger partial charge < -0.3 is 15.1 Å². The zero-order chi connectivity index (χ0) is 29.6. The van der Waals surface area contributed by atoms with Crippen LogP contribution in [0.2, 0.25) is 5.02 Å². The van der Waals surface area contributed by atoms with Gasteiger partial charge in [0.2, 0.25) is 15.9 Å². The average Bonchev–Trinajstić information content (AvgIpc) is 3.33. The molecule has 1 fully saturated rings. The van der Waals surface area contributed by atoms with Crippen molar-refractivity contribution in [3.05, 3.63) is 64.7 Å². The molecule has 3 rings (SSSR count). The summed E-state index contributed by atoms with van der Waals surface area (Å²) in [5, 5.41) is 27.1. The largest absolute Gasteiger partial charge is 0.480 e. The van der Waals surface area contributed by atoms with Crippen molar-refractivity contribution in [2.45, 2.75) is 55.2 Å². The van der Waals surface area contributed by atoms with E-state index in [0.717, 1.165) is 16.5 Å². The van der Waals surface area contributed by atoms with E-state index in [1.807, 2.05) is 30.3 Å². The van der Waals surface area contributed by atoms with Crippen LogP contribution >= 0.6 is 24.0 Å². The second kappa shape index (κ2) is 14.6. The minimum absolute atomic E-state index is 0. The molecular formula is C25H31Cl2N5O8S. The Balaban J connectivity index is 0.00000588. The molecule has 4 atom stereocenters. The van der Waals surface area contributed by atoms with Crippen molar-refractivity contribution in [1.82, 2.24) is 21.1 Å². The first-order valence-electron chi connectivity index (χ1n) is 12.2. The number of halogens is 2. The number of nitrogens with two attached hydrogens (primary N) is 1. The number of benzene rings is 2.